The molecular weight excluding hydrogens is 370 g/mol. The molecule has 1 atom stereocenters. The molecule has 3 nitrogen and oxygen atoms in total. The molecule has 3 aromatic rings. The number of rotatable bonds is 2. The standard InChI is InChI=1S/C15H12BrNO2S2/c16-9-6-11-10(18-2-3-19-11)5-8(9)15(17)14-7-13-12(21-14)1-4-20-13/h1,4-7,15H,2-3,17H2. The normalized spacial score (nSPS) is 15.3. The molecule has 0 saturated heterocycles. The van der Waals surface area contributed by atoms with Crippen LogP contribution in [0.1, 0.15) is 16.5 Å². The first-order chi connectivity index (χ1) is 10.2. The van der Waals surface area contributed by atoms with Crippen molar-refractivity contribution in [2.75, 3.05) is 13.2 Å². The summed E-state index contributed by atoms with van der Waals surface area (Å²) in [6.07, 6.45) is 0. The van der Waals surface area contributed by atoms with Gasteiger partial charge < -0.3 is 15.2 Å². The second-order valence-corrected chi connectivity index (χ2v) is 7.71. The van der Waals surface area contributed by atoms with Crippen molar-refractivity contribution in [3.8, 4) is 11.5 Å². The van der Waals surface area contributed by atoms with Crippen LogP contribution in [0.5, 0.6) is 11.5 Å². The van der Waals surface area contributed by atoms with Crippen LogP contribution in [0, 0.1) is 0 Å². The highest BCUT2D eigenvalue weighted by Gasteiger charge is 2.20. The minimum absolute atomic E-state index is 0.167. The summed E-state index contributed by atoms with van der Waals surface area (Å²) in [6.45, 7) is 1.17. The largest absolute Gasteiger partial charge is 0.486 e. The van der Waals surface area contributed by atoms with E-state index >= 15 is 0 Å². The van der Waals surface area contributed by atoms with Gasteiger partial charge in [0.05, 0.1) is 6.04 Å². The lowest BCUT2D eigenvalue weighted by molar-refractivity contribution is 0.171. The number of hydrogen-bond acceptors (Lipinski definition) is 5. The lowest BCUT2D eigenvalue weighted by Gasteiger charge is -2.21. The van der Waals surface area contributed by atoms with Crippen LogP contribution >= 0.6 is 38.6 Å². The van der Waals surface area contributed by atoms with Gasteiger partial charge in [-0.3, -0.25) is 0 Å². The molecular formula is C15H12BrNO2S2. The predicted octanol–water partition coefficient (Wildman–Crippen LogP) is 4.54. The van der Waals surface area contributed by atoms with Gasteiger partial charge in [0.25, 0.3) is 0 Å². The molecule has 2 N–H and O–H groups in total. The van der Waals surface area contributed by atoms with Crippen molar-refractivity contribution in [3.05, 3.63) is 44.6 Å². The highest BCUT2D eigenvalue weighted by molar-refractivity contribution is 9.10. The van der Waals surface area contributed by atoms with Crippen molar-refractivity contribution < 1.29 is 9.47 Å². The third-order valence-corrected chi connectivity index (χ3v) is 6.32. The van der Waals surface area contributed by atoms with Crippen LogP contribution in [-0.4, -0.2) is 13.2 Å². The Morgan fingerprint density at radius 2 is 1.86 bits per heavy atom. The quantitative estimate of drug-likeness (QED) is 0.708. The number of hydrogen-bond donors (Lipinski definition) is 1. The van der Waals surface area contributed by atoms with E-state index in [1.54, 1.807) is 22.7 Å². The number of benzene rings is 1. The van der Waals surface area contributed by atoms with Crippen molar-refractivity contribution >= 4 is 48.0 Å². The van der Waals surface area contributed by atoms with Gasteiger partial charge in [-0.05, 0) is 35.2 Å². The van der Waals surface area contributed by atoms with E-state index in [1.165, 1.54) is 9.40 Å². The summed E-state index contributed by atoms with van der Waals surface area (Å²) in [5, 5.41) is 2.11. The third kappa shape index (κ3) is 2.36. The van der Waals surface area contributed by atoms with E-state index in [0.717, 1.165) is 26.4 Å². The molecule has 0 spiro atoms. The van der Waals surface area contributed by atoms with Crippen molar-refractivity contribution in [3.63, 3.8) is 0 Å². The number of fused-ring (bicyclic) bond motifs is 2. The number of thiophene rings is 2. The zero-order valence-corrected chi connectivity index (χ0v) is 14.2. The summed E-state index contributed by atoms with van der Waals surface area (Å²) >= 11 is 7.09. The fourth-order valence-electron chi connectivity index (χ4n) is 2.41. The Morgan fingerprint density at radius 1 is 1.10 bits per heavy atom. The molecule has 1 aliphatic heterocycles. The lowest BCUT2D eigenvalue weighted by Crippen LogP contribution is -2.17. The molecule has 21 heavy (non-hydrogen) atoms. The molecule has 1 aliphatic rings. The van der Waals surface area contributed by atoms with Gasteiger partial charge in [0.15, 0.2) is 11.5 Å². The van der Waals surface area contributed by atoms with Crippen LogP contribution in [0.15, 0.2) is 34.1 Å². The monoisotopic (exact) mass is 381 g/mol. The summed E-state index contributed by atoms with van der Waals surface area (Å²) in [4.78, 5) is 1.16. The number of ether oxygens (including phenoxy) is 2. The first kappa shape index (κ1) is 13.6. The third-order valence-electron chi connectivity index (χ3n) is 3.46. The number of halogens is 1. The van der Waals surface area contributed by atoms with Gasteiger partial charge in [0.2, 0.25) is 0 Å². The van der Waals surface area contributed by atoms with E-state index in [9.17, 15) is 0 Å². The molecule has 0 aliphatic carbocycles. The Balaban J connectivity index is 1.76. The molecule has 0 amide bonds. The topological polar surface area (TPSA) is 44.5 Å². The molecule has 4 rings (SSSR count). The molecule has 1 aromatic carbocycles. The van der Waals surface area contributed by atoms with Crippen LogP contribution in [0.3, 0.4) is 0 Å². The SMILES string of the molecule is NC(c1cc2sccc2s1)c1cc2c(cc1Br)OCCO2. The molecule has 0 fully saturated rings. The van der Waals surface area contributed by atoms with Gasteiger partial charge in [-0.25, -0.2) is 0 Å². The lowest BCUT2D eigenvalue weighted by atomic mass is 10.1. The fourth-order valence-corrected chi connectivity index (χ4v) is 5.12. The Morgan fingerprint density at radius 3 is 2.62 bits per heavy atom. The second kappa shape index (κ2) is 5.28. The van der Waals surface area contributed by atoms with E-state index < -0.39 is 0 Å². The molecule has 108 valence electrons. The van der Waals surface area contributed by atoms with Crippen LogP contribution in [-0.2, 0) is 0 Å². The summed E-state index contributed by atoms with van der Waals surface area (Å²) < 4.78 is 14.8. The molecule has 0 radical (unpaired) electrons. The van der Waals surface area contributed by atoms with Crippen LogP contribution in [0.4, 0.5) is 0 Å². The predicted molar refractivity (Wildman–Crippen MR) is 90.9 cm³/mol. The molecule has 6 heteroatoms. The summed E-state index contributed by atoms with van der Waals surface area (Å²) in [5.74, 6) is 1.55. The van der Waals surface area contributed by atoms with Crippen molar-refractivity contribution in [1.29, 1.82) is 0 Å². The first-order valence-electron chi connectivity index (χ1n) is 6.54. The van der Waals surface area contributed by atoms with Crippen LogP contribution in [0.25, 0.3) is 9.40 Å². The van der Waals surface area contributed by atoms with E-state index in [-0.39, 0.29) is 6.04 Å². The van der Waals surface area contributed by atoms with E-state index in [4.69, 9.17) is 15.2 Å². The molecule has 0 saturated carbocycles. The molecule has 2 aromatic heterocycles. The van der Waals surface area contributed by atoms with Gasteiger partial charge >= 0.3 is 0 Å². The Hall–Kier alpha value is -1.08. The van der Waals surface area contributed by atoms with Crippen molar-refractivity contribution in [2.24, 2.45) is 5.73 Å². The van der Waals surface area contributed by atoms with E-state index in [1.807, 2.05) is 12.1 Å². The van der Waals surface area contributed by atoms with E-state index in [0.29, 0.717) is 13.2 Å². The summed E-state index contributed by atoms with van der Waals surface area (Å²) in [7, 11) is 0. The van der Waals surface area contributed by atoms with E-state index in [2.05, 4.69) is 33.4 Å². The minimum atomic E-state index is -0.167. The zero-order chi connectivity index (χ0) is 14.4. The van der Waals surface area contributed by atoms with Gasteiger partial charge in [0.1, 0.15) is 13.2 Å². The molecule has 0 bridgehead atoms. The maximum Gasteiger partial charge on any atom is 0.162 e. The fraction of sp³-hybridized carbons (Fsp3) is 0.200. The van der Waals surface area contributed by atoms with Crippen LogP contribution < -0.4 is 15.2 Å². The average molecular weight is 382 g/mol. The van der Waals surface area contributed by atoms with Crippen LogP contribution in [0.2, 0.25) is 0 Å². The zero-order valence-electron chi connectivity index (χ0n) is 11.0. The smallest absolute Gasteiger partial charge is 0.162 e. The Kier molecular flexibility index (Phi) is 3.41. The van der Waals surface area contributed by atoms with Crippen molar-refractivity contribution in [2.45, 2.75) is 6.04 Å². The maximum atomic E-state index is 6.46. The Bertz CT molecular complexity index is 783. The first-order valence-corrected chi connectivity index (χ1v) is 9.03. The summed E-state index contributed by atoms with van der Waals surface area (Å²) in [6, 6.07) is 8.08. The number of nitrogens with two attached hydrogens (primary N) is 1. The van der Waals surface area contributed by atoms with Crippen molar-refractivity contribution in [1.82, 2.24) is 0 Å². The summed E-state index contributed by atoms with van der Waals surface area (Å²) in [5.41, 5.74) is 7.48. The minimum Gasteiger partial charge on any atom is -0.486 e. The van der Waals surface area contributed by atoms with Gasteiger partial charge in [-0.1, -0.05) is 15.9 Å². The Labute approximate surface area is 138 Å². The van der Waals surface area contributed by atoms with Gasteiger partial charge in [-0.15, -0.1) is 22.7 Å². The molecule has 1 unspecified atom stereocenters. The second-order valence-electron chi connectivity index (χ2n) is 4.79. The molecule has 3 heterocycles. The van der Waals surface area contributed by atoms with Gasteiger partial charge in [0, 0.05) is 18.7 Å². The highest BCUT2D eigenvalue weighted by Crippen LogP contribution is 2.41. The maximum absolute atomic E-state index is 6.46. The highest BCUT2D eigenvalue weighted by atomic mass is 79.9. The van der Waals surface area contributed by atoms with Gasteiger partial charge in [-0.2, -0.15) is 0 Å². The average Bonchev–Trinajstić information content (AvgIpc) is 3.07.